The summed E-state index contributed by atoms with van der Waals surface area (Å²) in [7, 11) is 3.22. The van der Waals surface area contributed by atoms with E-state index in [0.717, 1.165) is 18.3 Å². The molecule has 37 heavy (non-hydrogen) atoms. The lowest BCUT2D eigenvalue weighted by molar-refractivity contribution is -0.138. The fourth-order valence-electron chi connectivity index (χ4n) is 5.67. The largest absolute Gasteiger partial charge is 0.496 e. The van der Waals surface area contributed by atoms with Gasteiger partial charge in [0.15, 0.2) is 0 Å². The van der Waals surface area contributed by atoms with Gasteiger partial charge in [0.2, 0.25) is 5.78 Å². The van der Waals surface area contributed by atoms with E-state index in [4.69, 9.17) is 4.74 Å². The molecule has 3 aromatic rings. The van der Waals surface area contributed by atoms with Gasteiger partial charge in [-0.25, -0.2) is 0 Å². The van der Waals surface area contributed by atoms with Gasteiger partial charge in [-0.15, -0.1) is 0 Å². The van der Waals surface area contributed by atoms with Crippen LogP contribution < -0.4 is 4.74 Å². The van der Waals surface area contributed by atoms with Crippen LogP contribution in [0.3, 0.4) is 0 Å². The molecule has 0 aliphatic carbocycles. The summed E-state index contributed by atoms with van der Waals surface area (Å²) < 4.78 is 47.4. The molecular formula is C28H28F3N3O3. The molecule has 3 heterocycles. The van der Waals surface area contributed by atoms with E-state index in [-0.39, 0.29) is 22.6 Å². The van der Waals surface area contributed by atoms with E-state index in [1.54, 1.807) is 17.0 Å². The Morgan fingerprint density at radius 2 is 1.59 bits per heavy atom. The molecule has 1 amide bonds. The molecule has 5 rings (SSSR count). The van der Waals surface area contributed by atoms with Crippen LogP contribution in [-0.4, -0.2) is 59.8 Å². The van der Waals surface area contributed by atoms with Crippen LogP contribution in [0.15, 0.2) is 60.7 Å². The van der Waals surface area contributed by atoms with Gasteiger partial charge in [-0.2, -0.15) is 13.2 Å². The first kappa shape index (κ1) is 25.1. The molecule has 0 N–H and O–H groups in total. The number of hydrogen-bond donors (Lipinski definition) is 0. The van der Waals surface area contributed by atoms with Gasteiger partial charge < -0.3 is 14.2 Å². The van der Waals surface area contributed by atoms with Gasteiger partial charge >= 0.3 is 6.18 Å². The number of likely N-dealkylation sites (tertiary alicyclic amines) is 1. The number of halogens is 3. The molecule has 2 aromatic carbocycles. The number of ketones is 1. The van der Waals surface area contributed by atoms with Crippen LogP contribution in [-0.2, 0) is 18.3 Å². The summed E-state index contributed by atoms with van der Waals surface area (Å²) in [6, 6.07) is 16.5. The normalized spacial score (nSPS) is 17.5. The number of rotatable bonds is 4. The molecule has 0 radical (unpaired) electrons. The van der Waals surface area contributed by atoms with Crippen molar-refractivity contribution in [3.63, 3.8) is 0 Å². The highest BCUT2D eigenvalue weighted by molar-refractivity contribution is 6.08. The highest BCUT2D eigenvalue weighted by Crippen LogP contribution is 2.42. The smallest absolute Gasteiger partial charge is 0.419 e. The topological polar surface area (TPSA) is 54.8 Å². The Labute approximate surface area is 213 Å². The van der Waals surface area contributed by atoms with E-state index < -0.39 is 17.6 Å². The van der Waals surface area contributed by atoms with Crippen LogP contribution in [0.5, 0.6) is 5.75 Å². The molecule has 2 aliphatic rings. The molecule has 0 unspecified atom stereocenters. The molecule has 1 saturated heterocycles. The Morgan fingerprint density at radius 1 is 0.892 bits per heavy atom. The fourth-order valence-corrected chi connectivity index (χ4v) is 5.67. The van der Waals surface area contributed by atoms with Crippen molar-refractivity contribution in [1.82, 2.24) is 14.4 Å². The van der Waals surface area contributed by atoms with Crippen molar-refractivity contribution in [1.29, 1.82) is 0 Å². The third kappa shape index (κ3) is 4.31. The minimum atomic E-state index is -4.63. The highest BCUT2D eigenvalue weighted by atomic mass is 19.4. The number of likely N-dealkylation sites (N-methyl/N-ethyl adjacent to an activating group) is 1. The molecule has 1 spiro atoms. The summed E-state index contributed by atoms with van der Waals surface area (Å²) in [5, 5.41) is 0. The zero-order valence-corrected chi connectivity index (χ0v) is 20.7. The molecule has 0 atom stereocenters. The van der Waals surface area contributed by atoms with Gasteiger partial charge in [0.25, 0.3) is 5.91 Å². The molecule has 0 bridgehead atoms. The van der Waals surface area contributed by atoms with Crippen molar-refractivity contribution in [3.05, 3.63) is 88.7 Å². The number of benzene rings is 2. The Hall–Kier alpha value is -3.59. The maximum absolute atomic E-state index is 13.5. The minimum absolute atomic E-state index is 0.0137. The van der Waals surface area contributed by atoms with E-state index >= 15 is 0 Å². The van der Waals surface area contributed by atoms with E-state index in [2.05, 4.69) is 9.47 Å². The summed E-state index contributed by atoms with van der Waals surface area (Å²) in [4.78, 5) is 30.3. The first-order valence-electron chi connectivity index (χ1n) is 12.2. The number of nitrogens with zero attached hydrogens (tertiary/aromatic N) is 3. The van der Waals surface area contributed by atoms with Gasteiger partial charge in [0.1, 0.15) is 5.75 Å². The van der Waals surface area contributed by atoms with Crippen LogP contribution in [0, 0.1) is 0 Å². The van der Waals surface area contributed by atoms with Gasteiger partial charge in [-0.1, -0.05) is 30.3 Å². The quantitative estimate of drug-likeness (QED) is 0.472. The number of hydrogen-bond acceptors (Lipinski definition) is 4. The summed E-state index contributed by atoms with van der Waals surface area (Å²) in [6.45, 7) is 2.22. The number of aromatic nitrogens is 1. The van der Waals surface area contributed by atoms with Crippen molar-refractivity contribution < 1.29 is 27.5 Å². The highest BCUT2D eigenvalue weighted by Gasteiger charge is 2.45. The Morgan fingerprint density at radius 3 is 2.24 bits per heavy atom. The number of methoxy groups -OCH3 is 1. The van der Waals surface area contributed by atoms with Gasteiger partial charge in [-0.05, 0) is 50.2 Å². The molecule has 1 aromatic heterocycles. The van der Waals surface area contributed by atoms with Gasteiger partial charge in [-0.3, -0.25) is 14.5 Å². The number of carbonyl (C=O) groups excluding carboxylic acids is 2. The monoisotopic (exact) mass is 511 g/mol. The molecule has 2 aliphatic heterocycles. The second-order valence-electron chi connectivity index (χ2n) is 9.61. The summed E-state index contributed by atoms with van der Waals surface area (Å²) in [5.74, 6) is -0.775. The van der Waals surface area contributed by atoms with E-state index in [9.17, 15) is 22.8 Å². The fraction of sp³-hybridized carbons (Fsp3) is 0.357. The molecule has 0 saturated carbocycles. The molecular weight excluding hydrogens is 483 g/mol. The van der Waals surface area contributed by atoms with Crippen molar-refractivity contribution in [3.8, 4) is 5.75 Å². The molecule has 9 heteroatoms. The first-order valence-corrected chi connectivity index (χ1v) is 12.2. The predicted molar refractivity (Wildman–Crippen MR) is 132 cm³/mol. The van der Waals surface area contributed by atoms with E-state index in [1.165, 1.54) is 19.2 Å². The minimum Gasteiger partial charge on any atom is -0.496 e. The standard InChI is InChI=1S/C28H28F3N3O3/c1-32-16-17-34-22(25(35)19-6-4-3-5-7-19)9-11-24(34)27(32)12-14-33(15-13-27)26(36)20-8-10-23(37-2)21(18-20)28(29,30)31/h3-11,18H,12-17H2,1-2H3. The average Bonchev–Trinajstić information content (AvgIpc) is 3.35. The number of piperidine rings is 1. The van der Waals surface area contributed by atoms with Crippen LogP contribution >= 0.6 is 0 Å². The Kier molecular flexibility index (Phi) is 6.35. The van der Waals surface area contributed by atoms with E-state index in [1.807, 2.05) is 37.4 Å². The van der Waals surface area contributed by atoms with Gasteiger partial charge in [0.05, 0.1) is 23.9 Å². The lowest BCUT2D eigenvalue weighted by atomic mass is 9.81. The van der Waals surface area contributed by atoms with Crippen LogP contribution in [0.4, 0.5) is 13.2 Å². The molecule has 6 nitrogen and oxygen atoms in total. The molecule has 194 valence electrons. The SMILES string of the molecule is COc1ccc(C(=O)N2CCC3(CC2)c2ccc(C(=O)c4ccccc4)n2CCN3C)cc1C(F)(F)F. The first-order chi connectivity index (χ1) is 17.7. The maximum atomic E-state index is 13.5. The zero-order chi connectivity index (χ0) is 26.4. The number of carbonyl (C=O) groups is 2. The van der Waals surface area contributed by atoms with Crippen molar-refractivity contribution in [2.24, 2.45) is 0 Å². The van der Waals surface area contributed by atoms with Crippen molar-refractivity contribution in [2.75, 3.05) is 33.8 Å². The van der Waals surface area contributed by atoms with E-state index in [0.29, 0.717) is 43.7 Å². The predicted octanol–water partition coefficient (Wildman–Crippen LogP) is 4.82. The third-order valence-corrected chi connectivity index (χ3v) is 7.75. The summed E-state index contributed by atoms with van der Waals surface area (Å²) in [5.41, 5.74) is 0.979. The van der Waals surface area contributed by atoms with Crippen LogP contribution in [0.1, 0.15) is 50.5 Å². The lowest BCUT2D eigenvalue weighted by Gasteiger charge is -2.50. The summed E-state index contributed by atoms with van der Waals surface area (Å²) >= 11 is 0. The Balaban J connectivity index is 1.38. The Bertz CT molecular complexity index is 1330. The van der Waals surface area contributed by atoms with Crippen LogP contribution in [0.25, 0.3) is 0 Å². The van der Waals surface area contributed by atoms with Gasteiger partial charge in [0, 0.05) is 43.0 Å². The van der Waals surface area contributed by atoms with Crippen molar-refractivity contribution in [2.45, 2.75) is 31.1 Å². The molecule has 1 fully saturated rings. The number of alkyl halides is 3. The summed E-state index contributed by atoms with van der Waals surface area (Å²) in [6.07, 6.45) is -3.40. The third-order valence-electron chi connectivity index (χ3n) is 7.75. The number of fused-ring (bicyclic) bond motifs is 2. The second-order valence-corrected chi connectivity index (χ2v) is 9.61. The number of amides is 1. The number of ether oxygens (including phenoxy) is 1. The van der Waals surface area contributed by atoms with Crippen molar-refractivity contribution >= 4 is 11.7 Å². The van der Waals surface area contributed by atoms with Crippen LogP contribution in [0.2, 0.25) is 0 Å². The average molecular weight is 512 g/mol. The lowest BCUT2D eigenvalue weighted by Crippen LogP contribution is -2.56. The maximum Gasteiger partial charge on any atom is 0.419 e. The zero-order valence-electron chi connectivity index (χ0n) is 20.7. The second kappa shape index (κ2) is 9.37.